The van der Waals surface area contributed by atoms with Crippen molar-refractivity contribution in [3.05, 3.63) is 35.9 Å². The van der Waals surface area contributed by atoms with Gasteiger partial charge in [-0.15, -0.1) is 0 Å². The zero-order valence-corrected chi connectivity index (χ0v) is 14.1. The highest BCUT2D eigenvalue weighted by atomic mass is 16.4. The highest BCUT2D eigenvalue weighted by molar-refractivity contribution is 5.73. The van der Waals surface area contributed by atoms with Gasteiger partial charge in [-0.3, -0.25) is 14.6 Å². The zero-order valence-electron chi connectivity index (χ0n) is 14.1. The van der Waals surface area contributed by atoms with Crippen molar-refractivity contribution in [3.63, 3.8) is 0 Å². The third kappa shape index (κ3) is 3.75. The van der Waals surface area contributed by atoms with E-state index in [1.165, 1.54) is 18.4 Å². The van der Waals surface area contributed by atoms with E-state index in [0.717, 1.165) is 39.1 Å². The van der Waals surface area contributed by atoms with Crippen LogP contribution in [0.4, 0.5) is 0 Å². The van der Waals surface area contributed by atoms with Gasteiger partial charge in [-0.25, -0.2) is 0 Å². The van der Waals surface area contributed by atoms with Crippen LogP contribution >= 0.6 is 0 Å². The van der Waals surface area contributed by atoms with Crippen LogP contribution in [-0.4, -0.2) is 53.1 Å². The van der Waals surface area contributed by atoms with Crippen LogP contribution in [-0.2, 0) is 11.3 Å². The minimum Gasteiger partial charge on any atom is -0.480 e. The molecule has 1 N–H and O–H groups in total. The summed E-state index contributed by atoms with van der Waals surface area (Å²) in [6, 6.07) is 10.3. The Kier molecular flexibility index (Phi) is 5.02. The summed E-state index contributed by atoms with van der Waals surface area (Å²) in [7, 11) is 0. The van der Waals surface area contributed by atoms with Crippen LogP contribution < -0.4 is 0 Å². The molecule has 0 aliphatic carbocycles. The second kappa shape index (κ2) is 7.02. The first-order valence-corrected chi connectivity index (χ1v) is 8.85. The standard InChI is InChI=1S/C19H28N2O2/c1-2-17(18(22)23)21-12-10-19(15-21)9-6-11-20(14-19)13-16-7-4-3-5-8-16/h3-5,7-8,17H,2,6,9-15H2,1H3,(H,22,23). The number of benzene rings is 1. The van der Waals surface area contributed by atoms with Gasteiger partial charge in [0.15, 0.2) is 0 Å². The fraction of sp³-hybridized carbons (Fsp3) is 0.632. The number of aliphatic carboxylic acids is 1. The molecular weight excluding hydrogens is 288 g/mol. The number of likely N-dealkylation sites (tertiary alicyclic amines) is 2. The van der Waals surface area contributed by atoms with Crippen LogP contribution in [0.5, 0.6) is 0 Å². The van der Waals surface area contributed by atoms with Crippen molar-refractivity contribution in [2.45, 2.75) is 45.2 Å². The van der Waals surface area contributed by atoms with Gasteiger partial charge in [0, 0.05) is 19.6 Å². The first-order valence-electron chi connectivity index (χ1n) is 8.85. The topological polar surface area (TPSA) is 43.8 Å². The van der Waals surface area contributed by atoms with Crippen molar-refractivity contribution in [1.29, 1.82) is 0 Å². The molecule has 0 amide bonds. The van der Waals surface area contributed by atoms with E-state index in [2.05, 4.69) is 40.1 Å². The first-order chi connectivity index (χ1) is 11.1. The van der Waals surface area contributed by atoms with Gasteiger partial charge in [0.05, 0.1) is 0 Å². The predicted octanol–water partition coefficient (Wildman–Crippen LogP) is 2.84. The molecule has 2 unspecified atom stereocenters. The normalized spacial score (nSPS) is 27.3. The predicted molar refractivity (Wildman–Crippen MR) is 91.3 cm³/mol. The maximum absolute atomic E-state index is 11.4. The molecule has 0 radical (unpaired) electrons. The van der Waals surface area contributed by atoms with Crippen LogP contribution in [0, 0.1) is 5.41 Å². The summed E-state index contributed by atoms with van der Waals surface area (Å²) >= 11 is 0. The zero-order chi connectivity index (χ0) is 16.3. The molecule has 4 nitrogen and oxygen atoms in total. The van der Waals surface area contributed by atoms with Crippen molar-refractivity contribution < 1.29 is 9.90 Å². The molecule has 2 atom stereocenters. The fourth-order valence-corrected chi connectivity index (χ4v) is 4.44. The van der Waals surface area contributed by atoms with Gasteiger partial charge in [0.2, 0.25) is 0 Å². The summed E-state index contributed by atoms with van der Waals surface area (Å²) in [5.74, 6) is -0.665. The SMILES string of the molecule is CCC(C(=O)O)N1CCC2(CCCN(Cc3ccccc3)C2)C1. The summed E-state index contributed by atoms with van der Waals surface area (Å²) in [6.07, 6.45) is 4.30. The number of rotatable bonds is 5. The Labute approximate surface area is 139 Å². The molecule has 2 fully saturated rings. The second-order valence-electron chi connectivity index (χ2n) is 7.28. The van der Waals surface area contributed by atoms with Gasteiger partial charge in [0.1, 0.15) is 6.04 Å². The lowest BCUT2D eigenvalue weighted by Crippen LogP contribution is -2.46. The molecule has 0 saturated carbocycles. The lowest BCUT2D eigenvalue weighted by atomic mass is 9.79. The quantitative estimate of drug-likeness (QED) is 0.907. The Bertz CT molecular complexity index is 533. The summed E-state index contributed by atoms with van der Waals surface area (Å²) in [6.45, 7) is 7.14. The molecule has 126 valence electrons. The molecule has 23 heavy (non-hydrogen) atoms. The van der Waals surface area contributed by atoms with E-state index in [1.54, 1.807) is 0 Å². The van der Waals surface area contributed by atoms with E-state index in [1.807, 2.05) is 6.92 Å². The first kappa shape index (κ1) is 16.5. The van der Waals surface area contributed by atoms with Gasteiger partial charge in [0.25, 0.3) is 0 Å². The number of nitrogens with zero attached hydrogens (tertiary/aromatic N) is 2. The van der Waals surface area contributed by atoms with Crippen LogP contribution in [0.2, 0.25) is 0 Å². The Morgan fingerprint density at radius 3 is 2.70 bits per heavy atom. The van der Waals surface area contributed by atoms with Gasteiger partial charge in [-0.2, -0.15) is 0 Å². The van der Waals surface area contributed by atoms with E-state index >= 15 is 0 Å². The average molecular weight is 316 g/mol. The van der Waals surface area contributed by atoms with E-state index in [9.17, 15) is 9.90 Å². The number of carboxylic acids is 1. The number of carboxylic acid groups (broad SMARTS) is 1. The summed E-state index contributed by atoms with van der Waals surface area (Å²) in [4.78, 5) is 16.2. The largest absolute Gasteiger partial charge is 0.480 e. The van der Waals surface area contributed by atoms with E-state index in [-0.39, 0.29) is 6.04 Å². The molecule has 2 heterocycles. The fourth-order valence-electron chi connectivity index (χ4n) is 4.44. The molecule has 2 aliphatic heterocycles. The van der Waals surface area contributed by atoms with Crippen molar-refractivity contribution in [2.24, 2.45) is 5.41 Å². The summed E-state index contributed by atoms with van der Waals surface area (Å²) < 4.78 is 0. The van der Waals surface area contributed by atoms with Gasteiger partial charge >= 0.3 is 5.97 Å². The van der Waals surface area contributed by atoms with E-state index in [0.29, 0.717) is 11.8 Å². The molecule has 4 heteroatoms. The minimum absolute atomic E-state index is 0.301. The molecule has 1 spiro atoms. The molecule has 3 rings (SSSR count). The molecule has 2 aliphatic rings. The van der Waals surface area contributed by atoms with Crippen molar-refractivity contribution >= 4 is 5.97 Å². The minimum atomic E-state index is -0.665. The lowest BCUT2D eigenvalue weighted by molar-refractivity contribution is -0.143. The molecule has 1 aromatic rings. The Morgan fingerprint density at radius 1 is 1.22 bits per heavy atom. The van der Waals surface area contributed by atoms with Crippen molar-refractivity contribution in [3.8, 4) is 0 Å². The highest BCUT2D eigenvalue weighted by Gasteiger charge is 2.43. The average Bonchev–Trinajstić information content (AvgIpc) is 2.92. The maximum atomic E-state index is 11.4. The summed E-state index contributed by atoms with van der Waals surface area (Å²) in [5.41, 5.74) is 1.67. The molecular formula is C19H28N2O2. The van der Waals surface area contributed by atoms with Gasteiger partial charge in [-0.1, -0.05) is 37.3 Å². The molecule has 1 aromatic carbocycles. The van der Waals surface area contributed by atoms with Crippen molar-refractivity contribution in [1.82, 2.24) is 9.80 Å². The lowest BCUT2D eigenvalue weighted by Gasteiger charge is -2.41. The Morgan fingerprint density at radius 2 is 2.00 bits per heavy atom. The number of hydrogen-bond donors (Lipinski definition) is 1. The van der Waals surface area contributed by atoms with Crippen molar-refractivity contribution in [2.75, 3.05) is 26.2 Å². The van der Waals surface area contributed by atoms with Gasteiger partial charge in [-0.05, 0) is 49.8 Å². The monoisotopic (exact) mass is 316 g/mol. The number of hydrogen-bond acceptors (Lipinski definition) is 3. The molecule has 2 saturated heterocycles. The van der Waals surface area contributed by atoms with Crippen LogP contribution in [0.3, 0.4) is 0 Å². The third-order valence-electron chi connectivity index (χ3n) is 5.57. The van der Waals surface area contributed by atoms with Crippen LogP contribution in [0.1, 0.15) is 38.2 Å². The van der Waals surface area contributed by atoms with E-state index in [4.69, 9.17) is 0 Å². The smallest absolute Gasteiger partial charge is 0.320 e. The third-order valence-corrected chi connectivity index (χ3v) is 5.57. The van der Waals surface area contributed by atoms with Crippen LogP contribution in [0.15, 0.2) is 30.3 Å². The van der Waals surface area contributed by atoms with E-state index < -0.39 is 5.97 Å². The summed E-state index contributed by atoms with van der Waals surface area (Å²) in [5, 5.41) is 9.42. The molecule has 0 aromatic heterocycles. The van der Waals surface area contributed by atoms with Gasteiger partial charge < -0.3 is 5.11 Å². The number of carbonyl (C=O) groups is 1. The Balaban J connectivity index is 1.63. The van der Waals surface area contributed by atoms with Crippen LogP contribution in [0.25, 0.3) is 0 Å². The Hall–Kier alpha value is -1.39. The number of piperidine rings is 1. The highest BCUT2D eigenvalue weighted by Crippen LogP contribution is 2.40. The second-order valence-corrected chi connectivity index (χ2v) is 7.28. The maximum Gasteiger partial charge on any atom is 0.320 e. The molecule has 0 bridgehead atoms.